The molecule has 0 aliphatic carbocycles. The van der Waals surface area contributed by atoms with Crippen molar-refractivity contribution in [2.45, 2.75) is 32.6 Å². The molecule has 1 aromatic rings. The Morgan fingerprint density at radius 2 is 1.44 bits per heavy atom. The van der Waals surface area contributed by atoms with Crippen molar-refractivity contribution in [1.82, 2.24) is 15.1 Å². The zero-order chi connectivity index (χ0) is 18.6. The van der Waals surface area contributed by atoms with Crippen molar-refractivity contribution in [2.75, 3.05) is 62.3 Å². The van der Waals surface area contributed by atoms with Crippen molar-refractivity contribution >= 4 is 17.5 Å². The molecule has 3 aliphatic rings. The Morgan fingerprint density at radius 3 is 2.00 bits per heavy atom. The fourth-order valence-electron chi connectivity index (χ4n) is 4.25. The summed E-state index contributed by atoms with van der Waals surface area (Å²) >= 11 is 0. The molecular formula is C20H31N5O2. The van der Waals surface area contributed by atoms with E-state index in [0.717, 1.165) is 69.7 Å². The van der Waals surface area contributed by atoms with Crippen molar-refractivity contribution in [3.8, 4) is 0 Å². The second-order valence-electron chi connectivity index (χ2n) is 8.12. The normalized spacial score (nSPS) is 22.9. The van der Waals surface area contributed by atoms with E-state index in [9.17, 15) is 4.79 Å². The molecule has 0 unspecified atom stereocenters. The summed E-state index contributed by atoms with van der Waals surface area (Å²) in [6.07, 6.45) is 4.18. The predicted octanol–water partition coefficient (Wildman–Crippen LogP) is 1.79. The number of rotatable bonds is 3. The molecule has 27 heavy (non-hydrogen) atoms. The SMILES string of the molecule is CC1CCN(c2ccc(N3CCN(C(=O)C4CCOCC4)CC3)nn2)CC1. The molecule has 0 aromatic carbocycles. The van der Waals surface area contributed by atoms with Crippen LogP contribution in [0.5, 0.6) is 0 Å². The average Bonchev–Trinajstić information content (AvgIpc) is 2.75. The number of hydrogen-bond acceptors (Lipinski definition) is 6. The lowest BCUT2D eigenvalue weighted by Gasteiger charge is -2.37. The van der Waals surface area contributed by atoms with E-state index in [1.807, 2.05) is 4.90 Å². The number of carbonyl (C=O) groups is 1. The van der Waals surface area contributed by atoms with Gasteiger partial charge in [-0.05, 0) is 43.7 Å². The molecule has 0 radical (unpaired) electrons. The molecule has 4 rings (SSSR count). The van der Waals surface area contributed by atoms with Gasteiger partial charge in [-0.2, -0.15) is 0 Å². The Bertz CT molecular complexity index is 616. The number of piperazine rings is 1. The zero-order valence-electron chi connectivity index (χ0n) is 16.3. The van der Waals surface area contributed by atoms with Crippen LogP contribution in [0.4, 0.5) is 11.6 Å². The molecule has 0 spiro atoms. The first-order valence-corrected chi connectivity index (χ1v) is 10.4. The molecule has 0 saturated carbocycles. The summed E-state index contributed by atoms with van der Waals surface area (Å²) in [6, 6.07) is 4.17. The number of ether oxygens (including phenoxy) is 1. The molecule has 7 nitrogen and oxygen atoms in total. The Morgan fingerprint density at radius 1 is 0.889 bits per heavy atom. The molecule has 3 saturated heterocycles. The summed E-state index contributed by atoms with van der Waals surface area (Å²) in [7, 11) is 0. The van der Waals surface area contributed by atoms with Gasteiger partial charge in [0.15, 0.2) is 11.6 Å². The van der Waals surface area contributed by atoms with Gasteiger partial charge >= 0.3 is 0 Å². The molecule has 1 amide bonds. The number of piperidine rings is 1. The van der Waals surface area contributed by atoms with Gasteiger partial charge in [-0.3, -0.25) is 4.79 Å². The number of nitrogens with zero attached hydrogens (tertiary/aromatic N) is 5. The minimum absolute atomic E-state index is 0.150. The third-order valence-electron chi connectivity index (χ3n) is 6.23. The van der Waals surface area contributed by atoms with Crippen LogP contribution in [-0.4, -0.2) is 73.5 Å². The summed E-state index contributed by atoms with van der Waals surface area (Å²) < 4.78 is 5.37. The van der Waals surface area contributed by atoms with Crippen LogP contribution in [0.25, 0.3) is 0 Å². The fraction of sp³-hybridized carbons (Fsp3) is 0.750. The Hall–Kier alpha value is -1.89. The van der Waals surface area contributed by atoms with Gasteiger partial charge in [-0.1, -0.05) is 6.92 Å². The van der Waals surface area contributed by atoms with E-state index in [4.69, 9.17) is 4.74 Å². The lowest BCUT2D eigenvalue weighted by molar-refractivity contribution is -0.138. The van der Waals surface area contributed by atoms with Crippen LogP contribution < -0.4 is 9.80 Å². The topological polar surface area (TPSA) is 61.8 Å². The van der Waals surface area contributed by atoms with Crippen LogP contribution in [0.1, 0.15) is 32.6 Å². The summed E-state index contributed by atoms with van der Waals surface area (Å²) in [5, 5.41) is 8.94. The van der Waals surface area contributed by atoms with Gasteiger partial charge in [0.05, 0.1) is 0 Å². The van der Waals surface area contributed by atoms with Gasteiger partial charge in [0.2, 0.25) is 5.91 Å². The first kappa shape index (κ1) is 18.5. The van der Waals surface area contributed by atoms with E-state index in [0.29, 0.717) is 19.1 Å². The highest BCUT2D eigenvalue weighted by Gasteiger charge is 2.29. The van der Waals surface area contributed by atoms with Crippen molar-refractivity contribution in [3.63, 3.8) is 0 Å². The Balaban J connectivity index is 1.29. The monoisotopic (exact) mass is 373 g/mol. The highest BCUT2D eigenvalue weighted by atomic mass is 16.5. The Labute approximate surface area is 161 Å². The number of hydrogen-bond donors (Lipinski definition) is 0. The fourth-order valence-corrected chi connectivity index (χ4v) is 4.25. The number of carbonyl (C=O) groups excluding carboxylic acids is 1. The number of aromatic nitrogens is 2. The summed E-state index contributed by atoms with van der Waals surface area (Å²) in [4.78, 5) is 19.2. The van der Waals surface area contributed by atoms with Crippen molar-refractivity contribution in [3.05, 3.63) is 12.1 Å². The second-order valence-corrected chi connectivity index (χ2v) is 8.12. The van der Waals surface area contributed by atoms with Gasteiger partial charge in [-0.25, -0.2) is 0 Å². The first-order valence-electron chi connectivity index (χ1n) is 10.4. The molecule has 0 bridgehead atoms. The molecule has 3 fully saturated rings. The molecule has 148 valence electrons. The highest BCUT2D eigenvalue weighted by Crippen LogP contribution is 2.23. The number of anilines is 2. The summed E-state index contributed by atoms with van der Waals surface area (Å²) in [5.74, 6) is 3.17. The number of amides is 1. The third-order valence-corrected chi connectivity index (χ3v) is 6.23. The first-order chi connectivity index (χ1) is 13.2. The minimum atomic E-state index is 0.150. The van der Waals surface area contributed by atoms with Crippen LogP contribution >= 0.6 is 0 Å². The van der Waals surface area contributed by atoms with Crippen LogP contribution in [0.15, 0.2) is 12.1 Å². The van der Waals surface area contributed by atoms with Gasteiger partial charge in [0.1, 0.15) is 0 Å². The summed E-state index contributed by atoms with van der Waals surface area (Å²) in [5.41, 5.74) is 0. The van der Waals surface area contributed by atoms with E-state index >= 15 is 0 Å². The standard InChI is InChI=1S/C20H31N5O2/c1-16-4-8-23(9-5-16)18-2-3-19(22-21-18)24-10-12-25(13-11-24)20(26)17-6-14-27-15-7-17/h2-3,16-17H,4-15H2,1H3. The molecule has 4 heterocycles. The molecule has 1 aromatic heterocycles. The lowest BCUT2D eigenvalue weighted by atomic mass is 9.98. The van der Waals surface area contributed by atoms with Crippen LogP contribution in [0, 0.1) is 11.8 Å². The van der Waals surface area contributed by atoms with Gasteiger partial charge in [0, 0.05) is 58.4 Å². The Kier molecular flexibility index (Phi) is 5.76. The summed E-state index contributed by atoms with van der Waals surface area (Å²) in [6.45, 7) is 9.08. The molecular weight excluding hydrogens is 342 g/mol. The van der Waals surface area contributed by atoms with E-state index in [1.54, 1.807) is 0 Å². The molecule has 3 aliphatic heterocycles. The van der Waals surface area contributed by atoms with E-state index < -0.39 is 0 Å². The quantitative estimate of drug-likeness (QED) is 0.805. The molecule has 0 N–H and O–H groups in total. The van der Waals surface area contributed by atoms with E-state index in [-0.39, 0.29) is 5.92 Å². The maximum atomic E-state index is 12.7. The molecule has 7 heteroatoms. The average molecular weight is 374 g/mol. The van der Waals surface area contributed by atoms with Crippen LogP contribution in [0.2, 0.25) is 0 Å². The van der Waals surface area contributed by atoms with Crippen molar-refractivity contribution < 1.29 is 9.53 Å². The van der Waals surface area contributed by atoms with E-state index in [1.165, 1.54) is 12.8 Å². The largest absolute Gasteiger partial charge is 0.381 e. The lowest BCUT2D eigenvalue weighted by Crippen LogP contribution is -2.51. The van der Waals surface area contributed by atoms with Gasteiger partial charge in [-0.15, -0.1) is 10.2 Å². The van der Waals surface area contributed by atoms with Gasteiger partial charge in [0.25, 0.3) is 0 Å². The third kappa shape index (κ3) is 4.34. The van der Waals surface area contributed by atoms with Crippen molar-refractivity contribution in [2.24, 2.45) is 11.8 Å². The smallest absolute Gasteiger partial charge is 0.225 e. The molecule has 0 atom stereocenters. The minimum Gasteiger partial charge on any atom is -0.381 e. The predicted molar refractivity (Wildman–Crippen MR) is 105 cm³/mol. The highest BCUT2D eigenvalue weighted by molar-refractivity contribution is 5.79. The maximum Gasteiger partial charge on any atom is 0.225 e. The second kappa shape index (κ2) is 8.42. The van der Waals surface area contributed by atoms with Crippen molar-refractivity contribution in [1.29, 1.82) is 0 Å². The van der Waals surface area contributed by atoms with E-state index in [2.05, 4.69) is 39.1 Å². The zero-order valence-corrected chi connectivity index (χ0v) is 16.3. The van der Waals surface area contributed by atoms with Gasteiger partial charge < -0.3 is 19.4 Å². The maximum absolute atomic E-state index is 12.7. The van der Waals surface area contributed by atoms with Crippen LogP contribution in [0.3, 0.4) is 0 Å². The van der Waals surface area contributed by atoms with Crippen LogP contribution in [-0.2, 0) is 9.53 Å².